The van der Waals surface area contributed by atoms with Crippen molar-refractivity contribution in [3.05, 3.63) is 75.9 Å². The molecule has 0 aliphatic rings. The number of halogens is 1. The van der Waals surface area contributed by atoms with Crippen LogP contribution in [0.3, 0.4) is 0 Å². The molecule has 2 aromatic carbocycles. The lowest BCUT2D eigenvalue weighted by Gasteiger charge is -2.12. The number of para-hydroxylation sites is 1. The number of rotatable bonds is 5. The van der Waals surface area contributed by atoms with Crippen molar-refractivity contribution in [3.8, 4) is 0 Å². The molecule has 0 saturated carbocycles. The van der Waals surface area contributed by atoms with Gasteiger partial charge < -0.3 is 9.57 Å². The predicted octanol–water partition coefficient (Wildman–Crippen LogP) is 4.53. The van der Waals surface area contributed by atoms with Gasteiger partial charge in [-0.25, -0.2) is 9.78 Å². The number of esters is 1. The van der Waals surface area contributed by atoms with Crippen molar-refractivity contribution in [3.63, 3.8) is 0 Å². The molecule has 0 aliphatic heterocycles. The van der Waals surface area contributed by atoms with Gasteiger partial charge in [0, 0.05) is 10.4 Å². The quantitative estimate of drug-likeness (QED) is 0.377. The minimum Gasteiger partial charge on any atom is -0.465 e. The van der Waals surface area contributed by atoms with Crippen molar-refractivity contribution in [2.45, 2.75) is 13.5 Å². The molecule has 1 heterocycles. The second kappa shape index (κ2) is 7.97. The summed E-state index contributed by atoms with van der Waals surface area (Å²) in [5, 5.41) is 5.50. The van der Waals surface area contributed by atoms with E-state index in [1.54, 1.807) is 18.3 Å². The Morgan fingerprint density at radius 2 is 1.92 bits per heavy atom. The molecule has 0 saturated heterocycles. The first-order chi connectivity index (χ1) is 12.6. The van der Waals surface area contributed by atoms with Crippen molar-refractivity contribution in [2.75, 3.05) is 7.11 Å². The smallest absolute Gasteiger partial charge is 0.340 e. The maximum Gasteiger partial charge on any atom is 0.340 e. The minimum atomic E-state index is -0.443. The van der Waals surface area contributed by atoms with Crippen LogP contribution in [0.2, 0.25) is 5.02 Å². The zero-order valence-electron chi connectivity index (χ0n) is 14.4. The summed E-state index contributed by atoms with van der Waals surface area (Å²) < 4.78 is 4.91. The summed E-state index contributed by atoms with van der Waals surface area (Å²) in [5.41, 5.74) is 3.35. The molecule has 1 aromatic heterocycles. The number of pyridine rings is 1. The summed E-state index contributed by atoms with van der Waals surface area (Å²) in [6, 6.07) is 14.8. The predicted molar refractivity (Wildman–Crippen MR) is 102 cm³/mol. The summed E-state index contributed by atoms with van der Waals surface area (Å²) in [6.45, 7) is 1.93. The molecule has 0 amide bonds. The van der Waals surface area contributed by atoms with Gasteiger partial charge in [-0.2, -0.15) is 0 Å². The number of carbonyl (C=O) groups excluding carboxylic acids is 1. The Balaban J connectivity index is 1.86. The van der Waals surface area contributed by atoms with E-state index in [4.69, 9.17) is 21.2 Å². The Kier molecular flexibility index (Phi) is 5.49. The maximum absolute atomic E-state index is 12.2. The number of ether oxygens (including phenoxy) is 1. The monoisotopic (exact) mass is 368 g/mol. The Morgan fingerprint density at radius 3 is 2.65 bits per heavy atom. The fourth-order valence-corrected chi connectivity index (χ4v) is 2.79. The van der Waals surface area contributed by atoms with Gasteiger partial charge >= 0.3 is 5.97 Å². The fraction of sp³-hybridized carbons (Fsp3) is 0.150. The number of aryl methyl sites for hydroxylation is 1. The van der Waals surface area contributed by atoms with Crippen molar-refractivity contribution < 1.29 is 14.4 Å². The van der Waals surface area contributed by atoms with Crippen molar-refractivity contribution in [1.29, 1.82) is 0 Å². The Bertz CT molecular complexity index is 969. The van der Waals surface area contributed by atoms with Crippen LogP contribution in [0.25, 0.3) is 10.9 Å². The molecule has 0 bridgehead atoms. The third-order valence-corrected chi connectivity index (χ3v) is 4.22. The van der Waals surface area contributed by atoms with E-state index in [0.29, 0.717) is 16.3 Å². The molecule has 5 nitrogen and oxygen atoms in total. The summed E-state index contributed by atoms with van der Waals surface area (Å²) >= 11 is 5.85. The highest BCUT2D eigenvalue weighted by molar-refractivity contribution is 6.30. The molecule has 26 heavy (non-hydrogen) atoms. The molecule has 0 aliphatic carbocycles. The van der Waals surface area contributed by atoms with Gasteiger partial charge in [-0.05, 0) is 36.2 Å². The van der Waals surface area contributed by atoms with Crippen LogP contribution in [0.5, 0.6) is 0 Å². The molecule has 0 atom stereocenters. The second-order valence-corrected chi connectivity index (χ2v) is 6.06. The van der Waals surface area contributed by atoms with Crippen LogP contribution in [0, 0.1) is 6.92 Å². The number of fused-ring (bicyclic) bond motifs is 1. The highest BCUT2D eigenvalue weighted by atomic mass is 35.5. The third-order valence-electron chi connectivity index (χ3n) is 3.96. The van der Waals surface area contributed by atoms with Crippen molar-refractivity contribution >= 4 is 34.7 Å². The van der Waals surface area contributed by atoms with Crippen LogP contribution < -0.4 is 0 Å². The molecule has 3 aromatic rings. The number of methoxy groups -OCH3 is 1. The zero-order valence-corrected chi connectivity index (χ0v) is 15.2. The van der Waals surface area contributed by atoms with E-state index in [0.717, 1.165) is 22.0 Å². The zero-order chi connectivity index (χ0) is 18.5. The fourth-order valence-electron chi connectivity index (χ4n) is 2.66. The van der Waals surface area contributed by atoms with Crippen LogP contribution in [0.4, 0.5) is 0 Å². The van der Waals surface area contributed by atoms with E-state index in [1.807, 2.05) is 43.3 Å². The lowest BCUT2D eigenvalue weighted by Crippen LogP contribution is -2.11. The van der Waals surface area contributed by atoms with Crippen LogP contribution in [0.15, 0.2) is 53.7 Å². The van der Waals surface area contributed by atoms with E-state index in [9.17, 15) is 4.79 Å². The Hall–Kier alpha value is -2.92. The highest BCUT2D eigenvalue weighted by Gasteiger charge is 2.19. The van der Waals surface area contributed by atoms with Gasteiger partial charge in [0.15, 0.2) is 6.61 Å². The van der Waals surface area contributed by atoms with Crippen molar-refractivity contribution in [1.82, 2.24) is 4.98 Å². The number of nitrogens with zero attached hydrogens (tertiary/aromatic N) is 2. The number of aromatic nitrogens is 1. The molecule has 0 N–H and O–H groups in total. The van der Waals surface area contributed by atoms with Gasteiger partial charge in [0.1, 0.15) is 0 Å². The van der Waals surface area contributed by atoms with E-state index in [1.165, 1.54) is 7.11 Å². The average molecular weight is 369 g/mol. The van der Waals surface area contributed by atoms with Crippen molar-refractivity contribution in [2.24, 2.45) is 5.16 Å². The molecular weight excluding hydrogens is 352 g/mol. The minimum absolute atomic E-state index is 0.0558. The van der Waals surface area contributed by atoms with E-state index in [-0.39, 0.29) is 6.61 Å². The van der Waals surface area contributed by atoms with Crippen LogP contribution >= 0.6 is 11.6 Å². The number of carbonyl (C=O) groups is 1. The molecule has 0 unspecified atom stereocenters. The number of hydrogen-bond donors (Lipinski definition) is 0. The van der Waals surface area contributed by atoms with Crippen LogP contribution in [-0.2, 0) is 16.2 Å². The first kappa shape index (κ1) is 17.9. The largest absolute Gasteiger partial charge is 0.465 e. The van der Waals surface area contributed by atoms with Gasteiger partial charge in [-0.3, -0.25) is 0 Å². The maximum atomic E-state index is 12.2. The molecule has 3 rings (SSSR count). The standard InChI is InChI=1S/C20H17ClN2O3/c1-13-16-5-3-4-6-17(16)23-18(19(13)20(24)25-2)12-26-22-11-14-7-9-15(21)10-8-14/h3-11H,12H2,1-2H3/b22-11-. The van der Waals surface area contributed by atoms with E-state index >= 15 is 0 Å². The Labute approximate surface area is 156 Å². The SMILES string of the molecule is COC(=O)c1c(CO/N=C\c2ccc(Cl)cc2)nc2ccccc2c1C. The van der Waals surface area contributed by atoms with Gasteiger partial charge in [0.25, 0.3) is 0 Å². The number of hydrogen-bond acceptors (Lipinski definition) is 5. The molecule has 132 valence electrons. The summed E-state index contributed by atoms with van der Waals surface area (Å²) in [4.78, 5) is 22.1. The molecule has 0 fully saturated rings. The lowest BCUT2D eigenvalue weighted by molar-refractivity contribution is 0.0591. The van der Waals surface area contributed by atoms with Crippen LogP contribution in [-0.4, -0.2) is 24.3 Å². The summed E-state index contributed by atoms with van der Waals surface area (Å²) in [7, 11) is 1.35. The molecular formula is C20H17ClN2O3. The summed E-state index contributed by atoms with van der Waals surface area (Å²) in [5.74, 6) is -0.443. The van der Waals surface area contributed by atoms with Gasteiger partial charge in [0.05, 0.1) is 30.1 Å². The molecule has 0 radical (unpaired) electrons. The first-order valence-electron chi connectivity index (χ1n) is 7.97. The topological polar surface area (TPSA) is 60.8 Å². The van der Waals surface area contributed by atoms with Gasteiger partial charge in [-0.1, -0.05) is 47.1 Å². The van der Waals surface area contributed by atoms with E-state index < -0.39 is 5.97 Å². The Morgan fingerprint density at radius 1 is 1.19 bits per heavy atom. The number of benzene rings is 2. The normalized spacial score (nSPS) is 11.0. The first-order valence-corrected chi connectivity index (χ1v) is 8.35. The third kappa shape index (κ3) is 3.83. The molecule has 6 heteroatoms. The highest BCUT2D eigenvalue weighted by Crippen LogP contribution is 2.24. The van der Waals surface area contributed by atoms with E-state index in [2.05, 4.69) is 10.1 Å². The second-order valence-electron chi connectivity index (χ2n) is 5.63. The van der Waals surface area contributed by atoms with Gasteiger partial charge in [0.2, 0.25) is 0 Å². The average Bonchev–Trinajstić information content (AvgIpc) is 2.66. The summed E-state index contributed by atoms with van der Waals surface area (Å²) in [6.07, 6.45) is 1.57. The van der Waals surface area contributed by atoms with Gasteiger partial charge in [-0.15, -0.1) is 0 Å². The van der Waals surface area contributed by atoms with Crippen LogP contribution in [0.1, 0.15) is 27.2 Å². The molecule has 0 spiro atoms. The lowest BCUT2D eigenvalue weighted by atomic mass is 10.0. The number of oxime groups is 1.